The molecule has 0 fully saturated rings. The molecule has 14 bridgehead atoms. The maximum atomic E-state index is 14.3. The molecule has 42 heteroatoms. The quantitative estimate of drug-likeness (QED) is 0.0575. The second-order valence-electron chi connectivity index (χ2n) is 19.1. The maximum Gasteiger partial charge on any atom is 1.00 e. The largest absolute Gasteiger partial charge is 1.00 e. The first kappa shape index (κ1) is 88.5. The van der Waals surface area contributed by atoms with E-state index in [4.69, 9.17) is 0 Å². The first-order valence-electron chi connectivity index (χ1n) is 23.0. The van der Waals surface area contributed by atoms with Crippen molar-refractivity contribution in [2.45, 2.75) is 79.2 Å². The van der Waals surface area contributed by atoms with Crippen molar-refractivity contribution in [1.82, 2.24) is 0 Å². The van der Waals surface area contributed by atoms with Gasteiger partial charge < -0.3 is 35.7 Å². The van der Waals surface area contributed by atoms with Crippen LogP contribution in [0.3, 0.4) is 0 Å². The third-order valence-corrected chi connectivity index (χ3v) is 19.1. The first-order valence-corrected chi connectivity index (χ1v) is 33.1. The predicted molar refractivity (Wildman–Crippen MR) is 270 cm³/mol. The van der Waals surface area contributed by atoms with Gasteiger partial charge in [-0.05, 0) is 208 Å². The molecule has 1 aliphatic rings. The van der Waals surface area contributed by atoms with E-state index in [1.165, 1.54) is 0 Å². The zero-order valence-electron chi connectivity index (χ0n) is 48.6. The normalized spacial score (nSPS) is 13.0. The number of benzene rings is 7. The zero-order chi connectivity index (χ0) is 62.5. The second kappa shape index (κ2) is 32.7. The minimum absolute atomic E-state index is 0. The van der Waals surface area contributed by atoms with Crippen molar-refractivity contribution >= 4 is 70.8 Å². The Balaban J connectivity index is 0.00000591. The molecule has 7 N–H and O–H groups in total. The van der Waals surface area contributed by atoms with E-state index < -0.39 is 268 Å². The molecule has 0 atom stereocenters. The van der Waals surface area contributed by atoms with E-state index in [2.05, 4.69) is 0 Å². The molecule has 0 saturated carbocycles. The van der Waals surface area contributed by atoms with Crippen molar-refractivity contribution in [1.29, 1.82) is 0 Å². The van der Waals surface area contributed by atoms with Gasteiger partial charge in [-0.15, -0.1) is 40.2 Å². The fourth-order valence-corrected chi connectivity index (χ4v) is 13.5. The van der Waals surface area contributed by atoms with E-state index in [9.17, 15) is 127 Å². The molecule has 91 heavy (non-hydrogen) atoms. The van der Waals surface area contributed by atoms with Gasteiger partial charge in [0.25, 0.3) is 70.8 Å². The van der Waals surface area contributed by atoms with Gasteiger partial charge in [-0.25, -0.2) is 0 Å². The number of fused-ring (bicyclic) bond motifs is 14. The Kier molecular flexibility index (Phi) is 31.8. The Morgan fingerprint density at radius 3 is 0.308 bits per heavy atom. The van der Waals surface area contributed by atoms with Crippen molar-refractivity contribution in [3.8, 4) is 40.2 Å². The molecule has 0 heterocycles. The van der Waals surface area contributed by atoms with Gasteiger partial charge in [0.05, 0.1) is 34.3 Å². The van der Waals surface area contributed by atoms with E-state index in [1.54, 1.807) is 0 Å². The molecule has 7 aromatic rings. The van der Waals surface area contributed by atoms with Gasteiger partial charge >= 0.3 is 207 Å². The monoisotopic (exact) mass is 1460 g/mol. The Labute approximate surface area is 675 Å². The molecule has 448 valence electrons. The van der Waals surface area contributed by atoms with Crippen molar-refractivity contribution in [3.63, 3.8) is 0 Å². The van der Waals surface area contributed by atoms with Gasteiger partial charge in [0.2, 0.25) is 0 Å². The Bertz CT molecular complexity index is 3860. The summed E-state index contributed by atoms with van der Waals surface area (Å²) in [5, 5.41) is 100. The summed E-state index contributed by atoms with van der Waals surface area (Å²) in [4.78, 5) is -8.22. The maximum absolute atomic E-state index is 14.3. The molecule has 0 aromatic heterocycles. The summed E-state index contributed by atoms with van der Waals surface area (Å²) < 4.78 is 249. The smallest absolute Gasteiger partial charge is 0.872 e. The second-order valence-corrected chi connectivity index (χ2v) is 29.0. The zero-order valence-corrected chi connectivity index (χ0v) is 68.3. The van der Waals surface area contributed by atoms with Gasteiger partial charge in [-0.2, -0.15) is 58.9 Å². The summed E-state index contributed by atoms with van der Waals surface area (Å²) in [5.41, 5.74) is -11.8. The van der Waals surface area contributed by atoms with Gasteiger partial charge in [0.1, 0.15) is 0 Å². The summed E-state index contributed by atoms with van der Waals surface area (Å²) in [5.74, 6) is -9.40. The first-order chi connectivity index (χ1) is 38.4. The summed E-state index contributed by atoms with van der Waals surface area (Å²) >= 11 is 0. The fourth-order valence-electron chi connectivity index (χ4n) is 9.37. The fraction of sp³-hybridized carbons (Fsp3) is 0.143. The van der Waals surface area contributed by atoms with Crippen LogP contribution >= 0.6 is 0 Å². The standard InChI is InChI=1S/C49H42O28S7.7Na/c50-43-22-1-23-9-37(79(60,61)62)11-25(44(23)51)3-27-13-39(81(66,67)68)15-29(46(27)53)5-31-17-41(83(72,73)74)19-33(48(31)55)7-35-21-42(84(75,76)77)20-34(49(35)56)6-32-18-40(82(69,70)71)16-30(47(32)54)4-28-14-38(80(63,64)65)12-26(45(28)52)2-24(43)10-36(8-22)78(57,58)59;;;;;;;/h8-21,50-56H,1-7H2,(H,57,58,59)(H,60,61,62)(H,63,64,65)(H,66,67,68)(H,69,70,71)(H,72,73,74)(H,75,76,77);;;;;;;/q;7*+1/p-7. The van der Waals surface area contributed by atoms with Crippen LogP contribution in [0.25, 0.3) is 0 Å². The van der Waals surface area contributed by atoms with Crippen LogP contribution in [0.5, 0.6) is 40.2 Å². The van der Waals surface area contributed by atoms with E-state index >= 15 is 0 Å². The molecule has 28 nitrogen and oxygen atoms in total. The van der Waals surface area contributed by atoms with Gasteiger partial charge in [0, 0.05) is 0 Å². The van der Waals surface area contributed by atoms with Crippen LogP contribution in [0.4, 0.5) is 0 Å². The average Bonchev–Trinajstić information content (AvgIpc) is 1.18. The van der Waals surface area contributed by atoms with Crippen LogP contribution in [0.1, 0.15) is 77.9 Å². The van der Waals surface area contributed by atoms with Crippen molar-refractivity contribution in [3.05, 3.63) is 163 Å². The van der Waals surface area contributed by atoms with E-state index in [-0.39, 0.29) is 207 Å². The molecule has 0 unspecified atom stereocenters. The van der Waals surface area contributed by atoms with E-state index in [1.807, 2.05) is 0 Å². The topological polar surface area (TPSA) is 542 Å². The van der Waals surface area contributed by atoms with Gasteiger partial charge in [-0.1, -0.05) is 0 Å². The Morgan fingerprint density at radius 1 is 0.187 bits per heavy atom. The van der Waals surface area contributed by atoms with Gasteiger partial charge in [-0.3, -0.25) is 31.9 Å². The molecular weight excluding hydrogens is 1420 g/mol. The van der Waals surface area contributed by atoms with E-state index in [0.717, 1.165) is 0 Å². The molecular formula is C49H35Na7O28S7. The van der Waals surface area contributed by atoms with Crippen LogP contribution in [0, 0.1) is 0 Å². The molecule has 1 aliphatic carbocycles. The third kappa shape index (κ3) is 20.8. The molecule has 0 saturated heterocycles. The number of hydrogen-bond acceptors (Lipinski definition) is 21. The summed E-state index contributed by atoms with van der Waals surface area (Å²) in [7, 11) is -38.1. The van der Waals surface area contributed by atoms with Crippen molar-refractivity contribution in [2.75, 3.05) is 0 Å². The van der Waals surface area contributed by atoms with E-state index in [0.29, 0.717) is 84.9 Å². The van der Waals surface area contributed by atoms with Crippen LogP contribution < -0.4 is 243 Å². The minimum Gasteiger partial charge on any atom is -0.872 e. The van der Waals surface area contributed by atoms with Crippen LogP contribution in [0.2, 0.25) is 0 Å². The van der Waals surface area contributed by atoms with Crippen LogP contribution in [-0.4, -0.2) is 90.8 Å². The minimum atomic E-state index is -5.45. The molecule has 0 aliphatic heterocycles. The number of rotatable bonds is 7. The summed E-state index contributed by atoms with van der Waals surface area (Å²) in [6, 6.07) is 6.51. The molecule has 8 rings (SSSR count). The van der Waals surface area contributed by atoms with Gasteiger partial charge in [0.15, 0.2) is 0 Å². The Hall–Kier alpha value is -0.490. The molecule has 0 radical (unpaired) electrons. The van der Waals surface area contributed by atoms with Crippen molar-refractivity contribution in [2.24, 2.45) is 0 Å². The van der Waals surface area contributed by atoms with Crippen molar-refractivity contribution < 1.29 is 333 Å². The summed E-state index contributed by atoms with van der Waals surface area (Å²) in [6.45, 7) is 0. The molecule has 7 aromatic carbocycles. The molecule has 0 amide bonds. The number of hydrogen-bond donors (Lipinski definition) is 7. The van der Waals surface area contributed by atoms with Crippen LogP contribution in [-0.2, 0) is 116 Å². The average molecular weight is 1460 g/mol. The molecule has 0 spiro atoms. The Morgan fingerprint density at radius 2 is 0.253 bits per heavy atom. The van der Waals surface area contributed by atoms with Crippen LogP contribution in [0.15, 0.2) is 119 Å². The third-order valence-electron chi connectivity index (χ3n) is 13.3. The SMILES string of the molecule is O=S(=O)(O)c1cc2c([O-])c(c1)Cc1cc(S(=O)(=O)O)cc(c1[O-])Cc1cc(S(=O)(=O)O)cc(c1[O-])Cc1cc(S(=O)(=O)O)cc(c1[O-])Cc1cc(S(=O)(=O)O)cc(c1[O-])Cc1cc(S(=O)(=O)O)cc(c1[O-])Cc1cc(S(=O)(=O)O)cc(c1[O-])C2.[Na+].[Na+].[Na+].[Na+].[Na+].[Na+].[Na+]. The predicted octanol–water partition coefficient (Wildman–Crippen LogP) is -21.6. The summed E-state index contributed by atoms with van der Waals surface area (Å²) in [6.07, 6.45) is -8.18.